The first-order valence-electron chi connectivity index (χ1n) is 6.52. The molecule has 0 aliphatic heterocycles. The lowest BCUT2D eigenvalue weighted by molar-refractivity contribution is 0.154. The molecule has 19 heavy (non-hydrogen) atoms. The van der Waals surface area contributed by atoms with Crippen LogP contribution in [0.25, 0.3) is 0 Å². The van der Waals surface area contributed by atoms with Crippen LogP contribution in [0.1, 0.15) is 38.8 Å². The van der Waals surface area contributed by atoms with E-state index in [9.17, 15) is 13.2 Å². The first-order chi connectivity index (χ1) is 8.92. The molecule has 1 aromatic rings. The second-order valence-corrected chi connectivity index (χ2v) is 4.87. The van der Waals surface area contributed by atoms with Gasteiger partial charge in [0.25, 0.3) is 0 Å². The molecule has 0 aliphatic carbocycles. The summed E-state index contributed by atoms with van der Waals surface area (Å²) in [5.74, 6) is -2.98. The zero-order valence-electron chi connectivity index (χ0n) is 11.6. The molecule has 0 spiro atoms. The van der Waals surface area contributed by atoms with Gasteiger partial charge in [0.15, 0.2) is 11.6 Å². The molecule has 2 nitrogen and oxygen atoms in total. The fourth-order valence-corrected chi connectivity index (χ4v) is 2.27. The van der Waals surface area contributed by atoms with Crippen molar-refractivity contribution in [3.05, 3.63) is 35.1 Å². The molecule has 0 aliphatic rings. The molecule has 0 radical (unpaired) electrons. The number of benzene rings is 1. The summed E-state index contributed by atoms with van der Waals surface area (Å²) in [6.45, 7) is 6.81. The van der Waals surface area contributed by atoms with E-state index in [1.54, 1.807) is 0 Å². The molecule has 0 aromatic heterocycles. The van der Waals surface area contributed by atoms with Crippen molar-refractivity contribution in [2.24, 2.45) is 5.73 Å². The van der Waals surface area contributed by atoms with E-state index in [1.165, 1.54) is 0 Å². The summed E-state index contributed by atoms with van der Waals surface area (Å²) in [5.41, 5.74) is 5.82. The van der Waals surface area contributed by atoms with Crippen LogP contribution in [-0.4, -0.2) is 24.0 Å². The van der Waals surface area contributed by atoms with E-state index in [4.69, 9.17) is 5.73 Å². The van der Waals surface area contributed by atoms with Gasteiger partial charge in [0, 0.05) is 24.2 Å². The molecule has 0 heterocycles. The van der Waals surface area contributed by atoms with Gasteiger partial charge in [-0.25, -0.2) is 13.2 Å². The van der Waals surface area contributed by atoms with Gasteiger partial charge < -0.3 is 5.73 Å². The minimum absolute atomic E-state index is 0.114. The van der Waals surface area contributed by atoms with Crippen molar-refractivity contribution in [1.29, 1.82) is 0 Å². The predicted molar refractivity (Wildman–Crippen MR) is 70.2 cm³/mol. The van der Waals surface area contributed by atoms with Gasteiger partial charge in [-0.1, -0.05) is 6.92 Å². The summed E-state index contributed by atoms with van der Waals surface area (Å²) in [7, 11) is 0. The number of hydrogen-bond donors (Lipinski definition) is 1. The summed E-state index contributed by atoms with van der Waals surface area (Å²) < 4.78 is 40.1. The summed E-state index contributed by atoms with van der Waals surface area (Å²) >= 11 is 0. The van der Waals surface area contributed by atoms with Gasteiger partial charge in [0.1, 0.15) is 5.82 Å². The van der Waals surface area contributed by atoms with Gasteiger partial charge in [-0.3, -0.25) is 4.90 Å². The summed E-state index contributed by atoms with van der Waals surface area (Å²) in [4.78, 5) is 2.00. The molecular formula is C14H21F3N2. The maximum absolute atomic E-state index is 13.8. The van der Waals surface area contributed by atoms with E-state index in [-0.39, 0.29) is 18.2 Å². The van der Waals surface area contributed by atoms with Crippen LogP contribution in [-0.2, 0) is 0 Å². The molecule has 2 N–H and O–H groups in total. The quantitative estimate of drug-likeness (QED) is 0.807. The average Bonchev–Trinajstić information content (AvgIpc) is 2.34. The Labute approximate surface area is 112 Å². The Morgan fingerprint density at radius 2 is 1.68 bits per heavy atom. The third kappa shape index (κ3) is 3.70. The van der Waals surface area contributed by atoms with Crippen LogP contribution in [0.2, 0.25) is 0 Å². The predicted octanol–water partition coefficient (Wildman–Crippen LogP) is 3.22. The Bertz CT molecular complexity index is 421. The second kappa shape index (κ2) is 6.91. The molecule has 5 heteroatoms. The molecule has 108 valence electrons. The van der Waals surface area contributed by atoms with Crippen molar-refractivity contribution >= 4 is 0 Å². The van der Waals surface area contributed by atoms with Crippen LogP contribution in [0.5, 0.6) is 0 Å². The van der Waals surface area contributed by atoms with Gasteiger partial charge >= 0.3 is 0 Å². The molecule has 0 bridgehead atoms. The third-order valence-corrected chi connectivity index (χ3v) is 3.17. The highest BCUT2D eigenvalue weighted by atomic mass is 19.2. The fourth-order valence-electron chi connectivity index (χ4n) is 2.27. The highest BCUT2D eigenvalue weighted by Gasteiger charge is 2.25. The molecular weight excluding hydrogens is 253 g/mol. The van der Waals surface area contributed by atoms with Gasteiger partial charge in [0.2, 0.25) is 0 Å². The second-order valence-electron chi connectivity index (χ2n) is 4.87. The monoisotopic (exact) mass is 274 g/mol. The van der Waals surface area contributed by atoms with Gasteiger partial charge in [-0.05, 0) is 32.9 Å². The summed E-state index contributed by atoms with van der Waals surface area (Å²) in [5, 5.41) is 0. The first-order valence-corrected chi connectivity index (χ1v) is 6.52. The lowest BCUT2D eigenvalue weighted by Crippen LogP contribution is -2.39. The normalized spacial score (nSPS) is 13.3. The molecule has 1 rings (SSSR count). The SMILES string of the molecule is CCCN(C(C)C)C(CN)c1cc(F)c(F)cc1F. The number of nitrogens with zero attached hydrogens (tertiary/aromatic N) is 1. The zero-order chi connectivity index (χ0) is 14.6. The Kier molecular flexibility index (Phi) is 5.82. The van der Waals surface area contributed by atoms with E-state index >= 15 is 0 Å². The van der Waals surface area contributed by atoms with Crippen LogP contribution in [0, 0.1) is 17.5 Å². The van der Waals surface area contributed by atoms with Crippen molar-refractivity contribution in [1.82, 2.24) is 4.90 Å². The highest BCUT2D eigenvalue weighted by molar-refractivity contribution is 5.24. The maximum atomic E-state index is 13.8. The van der Waals surface area contributed by atoms with Crippen molar-refractivity contribution < 1.29 is 13.2 Å². The average molecular weight is 274 g/mol. The smallest absolute Gasteiger partial charge is 0.161 e. The summed E-state index contributed by atoms with van der Waals surface area (Å²) in [6.07, 6.45) is 0.875. The number of nitrogens with two attached hydrogens (primary N) is 1. The topological polar surface area (TPSA) is 29.3 Å². The van der Waals surface area contributed by atoms with Crippen molar-refractivity contribution in [3.63, 3.8) is 0 Å². The van der Waals surface area contributed by atoms with Crippen molar-refractivity contribution in [2.45, 2.75) is 39.3 Å². The van der Waals surface area contributed by atoms with Gasteiger partial charge in [0.05, 0.1) is 6.04 Å². The van der Waals surface area contributed by atoms with E-state index < -0.39 is 23.5 Å². The van der Waals surface area contributed by atoms with E-state index in [0.717, 1.165) is 19.0 Å². The highest BCUT2D eigenvalue weighted by Crippen LogP contribution is 2.26. The van der Waals surface area contributed by atoms with Crippen LogP contribution >= 0.6 is 0 Å². The third-order valence-electron chi connectivity index (χ3n) is 3.17. The fraction of sp³-hybridized carbons (Fsp3) is 0.571. The van der Waals surface area contributed by atoms with Crippen LogP contribution in [0.15, 0.2) is 12.1 Å². The van der Waals surface area contributed by atoms with Crippen molar-refractivity contribution in [2.75, 3.05) is 13.1 Å². The molecule has 0 saturated heterocycles. The molecule has 1 atom stereocenters. The summed E-state index contributed by atoms with van der Waals surface area (Å²) in [6, 6.07) is 1.18. The molecule has 0 fully saturated rings. The molecule has 1 aromatic carbocycles. The minimum Gasteiger partial charge on any atom is -0.329 e. The van der Waals surface area contributed by atoms with Crippen LogP contribution in [0.4, 0.5) is 13.2 Å². The van der Waals surface area contributed by atoms with Gasteiger partial charge in [-0.15, -0.1) is 0 Å². The minimum atomic E-state index is -1.18. The molecule has 1 unspecified atom stereocenters. The Morgan fingerprint density at radius 1 is 1.11 bits per heavy atom. The van der Waals surface area contributed by atoms with E-state index in [2.05, 4.69) is 0 Å². The number of halogens is 3. The van der Waals surface area contributed by atoms with E-state index in [1.807, 2.05) is 25.7 Å². The van der Waals surface area contributed by atoms with Crippen LogP contribution < -0.4 is 5.73 Å². The van der Waals surface area contributed by atoms with Crippen molar-refractivity contribution in [3.8, 4) is 0 Å². The first kappa shape index (κ1) is 16.0. The standard InChI is InChI=1S/C14H21F3N2/c1-4-5-19(9(2)3)14(8-18)10-6-12(16)13(17)7-11(10)15/h6-7,9,14H,4-5,8,18H2,1-3H3. The Balaban J connectivity index is 3.18. The van der Waals surface area contributed by atoms with Gasteiger partial charge in [-0.2, -0.15) is 0 Å². The maximum Gasteiger partial charge on any atom is 0.161 e. The van der Waals surface area contributed by atoms with E-state index in [0.29, 0.717) is 6.07 Å². The largest absolute Gasteiger partial charge is 0.329 e. The molecule has 0 saturated carbocycles. The lowest BCUT2D eigenvalue weighted by atomic mass is 10.0. The van der Waals surface area contributed by atoms with Crippen LogP contribution in [0.3, 0.4) is 0 Å². The Morgan fingerprint density at radius 3 is 2.16 bits per heavy atom. The number of hydrogen-bond acceptors (Lipinski definition) is 2. The lowest BCUT2D eigenvalue weighted by Gasteiger charge is -2.34. The molecule has 0 amide bonds. The zero-order valence-corrected chi connectivity index (χ0v) is 11.6. The Hall–Kier alpha value is -1.07. The number of rotatable bonds is 6.